The first-order valence-electron chi connectivity index (χ1n) is 5.81. The summed E-state index contributed by atoms with van der Waals surface area (Å²) in [4.78, 5) is 11.3. The van der Waals surface area contributed by atoms with Gasteiger partial charge >= 0.3 is 0 Å². The molecule has 0 saturated carbocycles. The van der Waals surface area contributed by atoms with Crippen LogP contribution in [-0.2, 0) is 6.42 Å². The van der Waals surface area contributed by atoms with E-state index in [-0.39, 0.29) is 0 Å². The summed E-state index contributed by atoms with van der Waals surface area (Å²) in [6, 6.07) is 0. The van der Waals surface area contributed by atoms with Crippen LogP contribution in [-0.4, -0.2) is 23.1 Å². The van der Waals surface area contributed by atoms with Crippen molar-refractivity contribution in [1.82, 2.24) is 9.97 Å². The van der Waals surface area contributed by atoms with Gasteiger partial charge in [-0.25, -0.2) is 4.98 Å². The van der Waals surface area contributed by atoms with Gasteiger partial charge in [-0.05, 0) is 25.2 Å². The molecule has 1 aromatic heterocycles. The summed E-state index contributed by atoms with van der Waals surface area (Å²) in [6.45, 7) is 6.70. The standard InChI is InChI=1S/C12H19N3/c1-10(2)7-11-8-13-9-12(14-11)15-5-3-4-6-15/h8-10H,3-7H2,1-2H3. The van der Waals surface area contributed by atoms with Crippen LogP contribution in [0.5, 0.6) is 0 Å². The molecule has 2 rings (SSSR count). The van der Waals surface area contributed by atoms with Crippen molar-refractivity contribution >= 4 is 5.82 Å². The third-order valence-corrected chi connectivity index (χ3v) is 2.72. The van der Waals surface area contributed by atoms with Gasteiger partial charge in [0, 0.05) is 19.3 Å². The fraction of sp³-hybridized carbons (Fsp3) is 0.667. The molecular weight excluding hydrogens is 186 g/mol. The minimum atomic E-state index is 0.646. The Morgan fingerprint density at radius 2 is 2.00 bits per heavy atom. The minimum absolute atomic E-state index is 0.646. The largest absolute Gasteiger partial charge is 0.355 e. The average Bonchev–Trinajstić information content (AvgIpc) is 2.69. The molecule has 0 aliphatic carbocycles. The summed E-state index contributed by atoms with van der Waals surface area (Å²) in [6.07, 6.45) is 7.37. The number of nitrogens with zero attached hydrogens (tertiary/aromatic N) is 3. The van der Waals surface area contributed by atoms with Gasteiger partial charge < -0.3 is 4.90 Å². The van der Waals surface area contributed by atoms with E-state index in [4.69, 9.17) is 0 Å². The molecular formula is C12H19N3. The smallest absolute Gasteiger partial charge is 0.147 e. The quantitative estimate of drug-likeness (QED) is 0.758. The van der Waals surface area contributed by atoms with Gasteiger partial charge in [0.2, 0.25) is 0 Å². The molecule has 0 amide bonds. The van der Waals surface area contributed by atoms with E-state index < -0.39 is 0 Å². The summed E-state index contributed by atoms with van der Waals surface area (Å²) in [5.41, 5.74) is 1.12. The van der Waals surface area contributed by atoms with Crippen molar-refractivity contribution in [2.45, 2.75) is 33.1 Å². The Hall–Kier alpha value is -1.12. The van der Waals surface area contributed by atoms with Gasteiger partial charge in [0.15, 0.2) is 0 Å². The zero-order valence-electron chi connectivity index (χ0n) is 9.61. The van der Waals surface area contributed by atoms with Crippen LogP contribution in [0.25, 0.3) is 0 Å². The SMILES string of the molecule is CC(C)Cc1cncc(N2CCCC2)n1. The predicted molar refractivity (Wildman–Crippen MR) is 62.0 cm³/mol. The van der Waals surface area contributed by atoms with E-state index in [1.165, 1.54) is 12.8 Å². The van der Waals surface area contributed by atoms with Crippen molar-refractivity contribution in [2.24, 2.45) is 5.92 Å². The Labute approximate surface area is 91.5 Å². The molecule has 0 radical (unpaired) electrons. The molecule has 0 aromatic carbocycles. The molecule has 1 aliphatic heterocycles. The highest BCUT2D eigenvalue weighted by molar-refractivity contribution is 5.37. The normalized spacial score (nSPS) is 16.3. The second-order valence-corrected chi connectivity index (χ2v) is 4.66. The maximum atomic E-state index is 4.66. The number of aromatic nitrogens is 2. The van der Waals surface area contributed by atoms with Crippen LogP contribution in [0.15, 0.2) is 12.4 Å². The number of hydrogen-bond donors (Lipinski definition) is 0. The van der Waals surface area contributed by atoms with Crippen molar-refractivity contribution in [3.8, 4) is 0 Å². The lowest BCUT2D eigenvalue weighted by molar-refractivity contribution is 0.632. The van der Waals surface area contributed by atoms with Crippen LogP contribution >= 0.6 is 0 Å². The van der Waals surface area contributed by atoms with Crippen molar-refractivity contribution < 1.29 is 0 Å². The van der Waals surface area contributed by atoms with Gasteiger partial charge in [-0.3, -0.25) is 4.98 Å². The van der Waals surface area contributed by atoms with Crippen molar-refractivity contribution in [3.05, 3.63) is 18.1 Å². The highest BCUT2D eigenvalue weighted by Crippen LogP contribution is 2.17. The summed E-state index contributed by atoms with van der Waals surface area (Å²) < 4.78 is 0. The second-order valence-electron chi connectivity index (χ2n) is 4.66. The summed E-state index contributed by atoms with van der Waals surface area (Å²) in [7, 11) is 0. The number of rotatable bonds is 3. The van der Waals surface area contributed by atoms with E-state index in [0.29, 0.717) is 5.92 Å². The lowest BCUT2D eigenvalue weighted by atomic mass is 10.1. The summed E-state index contributed by atoms with van der Waals surface area (Å²) >= 11 is 0. The second kappa shape index (κ2) is 4.60. The van der Waals surface area contributed by atoms with E-state index in [1.807, 2.05) is 12.4 Å². The maximum absolute atomic E-state index is 4.66. The maximum Gasteiger partial charge on any atom is 0.147 e. The van der Waals surface area contributed by atoms with Crippen LogP contribution in [0, 0.1) is 5.92 Å². The lowest BCUT2D eigenvalue weighted by Gasteiger charge is -2.16. The van der Waals surface area contributed by atoms with Crippen LogP contribution in [0.4, 0.5) is 5.82 Å². The van der Waals surface area contributed by atoms with Gasteiger partial charge in [-0.1, -0.05) is 13.8 Å². The molecule has 82 valence electrons. The Morgan fingerprint density at radius 1 is 1.27 bits per heavy atom. The molecule has 3 heteroatoms. The van der Waals surface area contributed by atoms with Crippen LogP contribution in [0.2, 0.25) is 0 Å². The third kappa shape index (κ3) is 2.67. The van der Waals surface area contributed by atoms with Gasteiger partial charge in [0.05, 0.1) is 11.9 Å². The van der Waals surface area contributed by atoms with Crippen molar-refractivity contribution in [1.29, 1.82) is 0 Å². The minimum Gasteiger partial charge on any atom is -0.355 e. The van der Waals surface area contributed by atoms with Crippen LogP contribution in [0.3, 0.4) is 0 Å². The highest BCUT2D eigenvalue weighted by Gasteiger charge is 2.14. The van der Waals surface area contributed by atoms with E-state index in [9.17, 15) is 0 Å². The van der Waals surface area contributed by atoms with Crippen LogP contribution < -0.4 is 4.90 Å². The fourth-order valence-corrected chi connectivity index (χ4v) is 2.01. The fourth-order valence-electron chi connectivity index (χ4n) is 2.01. The molecule has 15 heavy (non-hydrogen) atoms. The molecule has 1 fully saturated rings. The average molecular weight is 205 g/mol. The monoisotopic (exact) mass is 205 g/mol. The molecule has 0 N–H and O–H groups in total. The van der Waals surface area contributed by atoms with Gasteiger partial charge in [-0.15, -0.1) is 0 Å². The predicted octanol–water partition coefficient (Wildman–Crippen LogP) is 2.28. The molecule has 0 spiro atoms. The first kappa shape index (κ1) is 10.4. The molecule has 1 aromatic rings. The van der Waals surface area contributed by atoms with E-state index in [2.05, 4.69) is 28.7 Å². The summed E-state index contributed by atoms with van der Waals surface area (Å²) in [5, 5.41) is 0. The van der Waals surface area contributed by atoms with Gasteiger partial charge in [0.25, 0.3) is 0 Å². The van der Waals surface area contributed by atoms with E-state index >= 15 is 0 Å². The Kier molecular flexibility index (Phi) is 3.19. The highest BCUT2D eigenvalue weighted by atomic mass is 15.2. The molecule has 0 unspecified atom stereocenters. The van der Waals surface area contributed by atoms with Gasteiger partial charge in [-0.2, -0.15) is 0 Å². The first-order chi connectivity index (χ1) is 7.25. The van der Waals surface area contributed by atoms with Gasteiger partial charge in [0.1, 0.15) is 5.82 Å². The zero-order valence-corrected chi connectivity index (χ0v) is 9.61. The van der Waals surface area contributed by atoms with E-state index in [0.717, 1.165) is 31.0 Å². The molecule has 3 nitrogen and oxygen atoms in total. The molecule has 1 saturated heterocycles. The topological polar surface area (TPSA) is 29.0 Å². The molecule has 0 bridgehead atoms. The zero-order chi connectivity index (χ0) is 10.7. The Morgan fingerprint density at radius 3 is 2.67 bits per heavy atom. The van der Waals surface area contributed by atoms with Crippen molar-refractivity contribution in [2.75, 3.05) is 18.0 Å². The Balaban J connectivity index is 2.11. The number of hydrogen-bond acceptors (Lipinski definition) is 3. The van der Waals surface area contributed by atoms with E-state index in [1.54, 1.807) is 0 Å². The summed E-state index contributed by atoms with van der Waals surface area (Å²) in [5.74, 6) is 1.71. The first-order valence-corrected chi connectivity index (χ1v) is 5.81. The lowest BCUT2D eigenvalue weighted by Crippen LogP contribution is -2.19. The van der Waals surface area contributed by atoms with Crippen molar-refractivity contribution in [3.63, 3.8) is 0 Å². The Bertz CT molecular complexity index is 316. The molecule has 1 aliphatic rings. The number of anilines is 1. The molecule has 0 atom stereocenters. The molecule has 2 heterocycles. The van der Waals surface area contributed by atoms with Crippen LogP contribution in [0.1, 0.15) is 32.4 Å². The third-order valence-electron chi connectivity index (χ3n) is 2.72.